The van der Waals surface area contributed by atoms with Gasteiger partial charge in [-0.05, 0) is 57.4 Å². The van der Waals surface area contributed by atoms with E-state index in [2.05, 4.69) is 109 Å². The summed E-state index contributed by atoms with van der Waals surface area (Å²) in [5, 5.41) is 30.2. The fraction of sp³-hybridized carbons (Fsp3) is 0.500. The SMILES string of the molecule is CCCCNc1cc2c(c(NCCCC)c1NCCCC)-c1nc-2nc2[nH]c(nc3nc(nc4c5c(NCCCC)c(NCCCC)c(NCCCC)c(NCCCC)c5c(n1)n4NCCCC)-c1c(Cl)c(Cl)c(Cl)c(Cl)c1-3)c1c(Cl)c(Cl)c(Cl)c(Cl)c21. The van der Waals surface area contributed by atoms with E-state index in [0.29, 0.717) is 77.6 Å². The van der Waals surface area contributed by atoms with Crippen LogP contribution in [0.1, 0.15) is 158 Å². The molecule has 5 heterocycles. The lowest BCUT2D eigenvalue weighted by atomic mass is 10.0. The molecule has 0 saturated carbocycles. The molecule has 0 saturated heterocycles. The zero-order chi connectivity index (χ0) is 62.8. The van der Waals surface area contributed by atoms with Crippen LogP contribution in [0.2, 0.25) is 40.2 Å². The molecular weight excluding hydrogens is 1280 g/mol. The third-order valence-corrected chi connectivity index (χ3v) is 19.4. The molecule has 16 nitrogen and oxygen atoms in total. The number of nitrogens with one attached hydrogen (secondary N) is 9. The molecule has 0 unspecified atom stereocenters. The maximum absolute atomic E-state index is 7.43. The van der Waals surface area contributed by atoms with Gasteiger partial charge in [-0.25, -0.2) is 34.6 Å². The Labute approximate surface area is 557 Å². The van der Waals surface area contributed by atoms with E-state index in [1.807, 2.05) is 4.68 Å². The first-order valence-electron chi connectivity index (χ1n) is 31.7. The highest BCUT2D eigenvalue weighted by molar-refractivity contribution is 6.57. The Bertz CT molecular complexity index is 3850. The predicted molar refractivity (Wildman–Crippen MR) is 383 cm³/mol. The van der Waals surface area contributed by atoms with Gasteiger partial charge in [-0.1, -0.05) is 200 Å². The van der Waals surface area contributed by atoms with Crippen molar-refractivity contribution in [2.75, 3.05) is 95.0 Å². The maximum atomic E-state index is 7.43. The summed E-state index contributed by atoms with van der Waals surface area (Å²) >= 11 is 57.4. The zero-order valence-corrected chi connectivity index (χ0v) is 57.7. The molecule has 9 rings (SSSR count). The second kappa shape index (κ2) is 31.3. The first-order chi connectivity index (χ1) is 42.7. The molecule has 3 aromatic heterocycles. The Hall–Kier alpha value is -5.04. The lowest BCUT2D eigenvalue weighted by Crippen LogP contribution is -2.17. The van der Waals surface area contributed by atoms with Crippen LogP contribution in [0.5, 0.6) is 0 Å². The summed E-state index contributed by atoms with van der Waals surface area (Å²) in [6.45, 7) is 23.0. The monoisotopic (exact) mass is 1350 g/mol. The number of aromatic nitrogens is 8. The Kier molecular flexibility index (Phi) is 24.0. The molecule has 88 heavy (non-hydrogen) atoms. The van der Waals surface area contributed by atoms with E-state index in [-0.39, 0.29) is 68.7 Å². The number of aromatic amines is 1. The van der Waals surface area contributed by atoms with Crippen LogP contribution in [0.15, 0.2) is 6.07 Å². The van der Waals surface area contributed by atoms with Gasteiger partial charge >= 0.3 is 0 Å². The summed E-state index contributed by atoms with van der Waals surface area (Å²) in [6, 6.07) is 2.13. The highest BCUT2D eigenvalue weighted by Crippen LogP contribution is 2.55. The van der Waals surface area contributed by atoms with Gasteiger partial charge in [0.15, 0.2) is 34.6 Å². The molecule has 0 spiro atoms. The van der Waals surface area contributed by atoms with E-state index in [1.165, 1.54) is 0 Å². The number of H-pyrrole nitrogens is 1. The molecule has 8 bridgehead atoms. The Morgan fingerprint density at radius 3 is 1.11 bits per heavy atom. The first kappa shape index (κ1) is 67.4. The summed E-state index contributed by atoms with van der Waals surface area (Å²) in [6.07, 6.45) is 15.1. The summed E-state index contributed by atoms with van der Waals surface area (Å²) in [5.41, 5.74) is 13.5. The zero-order valence-electron chi connectivity index (χ0n) is 51.7. The van der Waals surface area contributed by atoms with Crippen LogP contribution in [-0.4, -0.2) is 91.9 Å². The fourth-order valence-corrected chi connectivity index (χ4v) is 13.0. The summed E-state index contributed by atoms with van der Waals surface area (Å²) in [4.78, 5) is 36.8. The van der Waals surface area contributed by atoms with Crippen LogP contribution >= 0.6 is 92.8 Å². The molecule has 0 fully saturated rings. The molecule has 0 aliphatic carbocycles. The lowest BCUT2D eigenvalue weighted by molar-refractivity contribution is 0.769. The quantitative estimate of drug-likeness (QED) is 0.0110. The number of benzene rings is 4. The van der Waals surface area contributed by atoms with Crippen molar-refractivity contribution >= 4 is 177 Å². The number of rotatable bonds is 32. The topological polar surface area (TPSA) is 194 Å². The van der Waals surface area contributed by atoms with E-state index in [0.717, 1.165) is 179 Å². The van der Waals surface area contributed by atoms with Gasteiger partial charge in [-0.2, -0.15) is 0 Å². The maximum Gasteiger partial charge on any atom is 0.167 e. The van der Waals surface area contributed by atoms with Crippen LogP contribution in [0.3, 0.4) is 0 Å². The Morgan fingerprint density at radius 2 is 0.670 bits per heavy atom. The average Bonchev–Trinajstić information content (AvgIpc) is 2.03. The van der Waals surface area contributed by atoms with Crippen molar-refractivity contribution in [2.24, 2.45) is 0 Å². The molecule has 24 heteroatoms. The highest BCUT2D eigenvalue weighted by Gasteiger charge is 2.35. The fourth-order valence-electron chi connectivity index (χ4n) is 11.0. The van der Waals surface area contributed by atoms with Crippen molar-refractivity contribution in [3.8, 4) is 45.6 Å². The van der Waals surface area contributed by atoms with Crippen LogP contribution in [0.25, 0.3) is 89.7 Å². The minimum absolute atomic E-state index is 0.0119. The molecule has 9 N–H and O–H groups in total. The molecule has 2 aliphatic heterocycles. The number of anilines is 7. The van der Waals surface area contributed by atoms with Gasteiger partial charge < -0.3 is 47.6 Å². The van der Waals surface area contributed by atoms with Gasteiger partial charge in [-0.15, -0.1) is 0 Å². The lowest BCUT2D eigenvalue weighted by Gasteiger charge is -2.24. The van der Waals surface area contributed by atoms with E-state index >= 15 is 0 Å². The van der Waals surface area contributed by atoms with Crippen molar-refractivity contribution < 1.29 is 0 Å². The van der Waals surface area contributed by atoms with Crippen LogP contribution in [-0.2, 0) is 0 Å². The van der Waals surface area contributed by atoms with Gasteiger partial charge in [0.05, 0.1) is 118 Å². The summed E-state index contributed by atoms with van der Waals surface area (Å²) in [5.74, 6) is 0.973. The van der Waals surface area contributed by atoms with Crippen molar-refractivity contribution in [2.45, 2.75) is 158 Å². The minimum Gasteiger partial charge on any atom is -0.383 e. The minimum atomic E-state index is 0.0119. The summed E-state index contributed by atoms with van der Waals surface area (Å²) in [7, 11) is 0. The second-order valence-electron chi connectivity index (χ2n) is 22.4. The van der Waals surface area contributed by atoms with Crippen LogP contribution in [0, 0.1) is 0 Å². The van der Waals surface area contributed by atoms with Crippen molar-refractivity contribution in [3.05, 3.63) is 46.2 Å². The van der Waals surface area contributed by atoms with Gasteiger partial charge in [0.25, 0.3) is 0 Å². The molecule has 7 aromatic rings. The molecule has 2 aliphatic rings. The predicted octanol–water partition coefficient (Wildman–Crippen LogP) is 21.4. The highest BCUT2D eigenvalue weighted by atomic mass is 35.5. The largest absolute Gasteiger partial charge is 0.383 e. The normalized spacial score (nSPS) is 11.8. The Balaban J connectivity index is 1.64. The standard InChI is InChI=1S/C64H82Cl8N16/c1-9-17-25-73-35-33-34-36(52(75-27-19-11-3)51(35)74-26-18-10-2)58-81-57(34)82-59-37-38(44(66)48(70)47(69)43(37)65)60(83-59)84-61-39-40(46(68)50(72)49(71)45(39)67)62(85-61)87-64-42-41(63(86-58)88(64)80-32-24-16-8)53(76-28-20-12-4)55(78-30-22-14-6)56(79-31-23-15-7)54(42)77-29-21-13-5/h33,73-80H,9-32H2,1-8H3,(H,81,82,83,84,85,86,87). The third kappa shape index (κ3) is 13.6. The first-order valence-corrected chi connectivity index (χ1v) is 34.7. The number of fused-ring (bicyclic) bond motifs is 20. The van der Waals surface area contributed by atoms with Gasteiger partial charge in [0.2, 0.25) is 0 Å². The molecule has 474 valence electrons. The van der Waals surface area contributed by atoms with Gasteiger partial charge in [0, 0.05) is 57.9 Å². The van der Waals surface area contributed by atoms with E-state index in [4.69, 9.17) is 123 Å². The number of hydrogen-bond donors (Lipinski definition) is 9. The van der Waals surface area contributed by atoms with E-state index in [1.54, 1.807) is 0 Å². The molecule has 4 aromatic carbocycles. The number of halogens is 8. The molecule has 0 radical (unpaired) electrons. The number of unbranched alkanes of at least 4 members (excludes halogenated alkanes) is 8. The number of hydrogen-bond acceptors (Lipinski definition) is 14. The smallest absolute Gasteiger partial charge is 0.167 e. The third-order valence-electron chi connectivity index (χ3n) is 15.8. The van der Waals surface area contributed by atoms with Crippen LogP contribution < -0.4 is 42.6 Å². The van der Waals surface area contributed by atoms with Gasteiger partial charge in [-0.3, -0.25) is 0 Å². The van der Waals surface area contributed by atoms with Crippen molar-refractivity contribution in [1.29, 1.82) is 0 Å². The van der Waals surface area contributed by atoms with Crippen molar-refractivity contribution in [1.82, 2.24) is 39.6 Å². The van der Waals surface area contributed by atoms with Crippen LogP contribution in [0.4, 0.5) is 39.8 Å². The molecule has 0 atom stereocenters. The summed E-state index contributed by atoms with van der Waals surface area (Å²) < 4.78 is 1.99. The number of nitrogens with zero attached hydrogens (tertiary/aromatic N) is 7. The second-order valence-corrected chi connectivity index (χ2v) is 25.4. The molecule has 0 amide bonds. The van der Waals surface area contributed by atoms with E-state index < -0.39 is 0 Å². The van der Waals surface area contributed by atoms with E-state index in [9.17, 15) is 0 Å². The Morgan fingerprint density at radius 1 is 0.330 bits per heavy atom. The molecular formula is C64H82Cl8N16. The van der Waals surface area contributed by atoms with Crippen molar-refractivity contribution in [3.63, 3.8) is 0 Å². The van der Waals surface area contributed by atoms with Gasteiger partial charge in [0.1, 0.15) is 11.3 Å². The average molecular weight is 1360 g/mol.